The number of fused-ring (bicyclic) bond motifs is 1. The fourth-order valence-electron chi connectivity index (χ4n) is 4.69. The van der Waals surface area contributed by atoms with Gasteiger partial charge in [-0.1, -0.05) is 11.6 Å². The Morgan fingerprint density at radius 3 is 2.84 bits per heavy atom. The second kappa shape index (κ2) is 7.70. The van der Waals surface area contributed by atoms with Crippen molar-refractivity contribution in [2.75, 3.05) is 5.01 Å². The van der Waals surface area contributed by atoms with E-state index in [1.54, 1.807) is 12.4 Å². The molecule has 0 saturated heterocycles. The molecule has 164 valence electrons. The van der Waals surface area contributed by atoms with Crippen molar-refractivity contribution in [2.24, 2.45) is 10.5 Å². The second-order valence-electron chi connectivity index (χ2n) is 8.33. The Balaban J connectivity index is 1.29. The molecule has 2 N–H and O–H groups in total. The molecule has 1 saturated carbocycles. The molecule has 1 aromatic carbocycles. The van der Waals surface area contributed by atoms with E-state index in [1.807, 2.05) is 19.1 Å². The SMILES string of the molecule is CC1=NN(c2ccc(F)cc2Cl)C(=O)[C@]12CC[C@H](NC(=O)c1c[nH]c3cccnc13)CC2. The van der Waals surface area contributed by atoms with Gasteiger partial charge in [-0.2, -0.15) is 10.1 Å². The van der Waals surface area contributed by atoms with Crippen molar-refractivity contribution in [3.8, 4) is 0 Å². The molecule has 9 heteroatoms. The Labute approximate surface area is 188 Å². The number of carbonyl (C=O) groups excluding carboxylic acids is 2. The number of H-pyrrole nitrogens is 1. The van der Waals surface area contributed by atoms with Gasteiger partial charge in [0.05, 0.1) is 32.9 Å². The standard InChI is InChI=1S/C23H21ClFN5O2/c1-13-23(22(32)30(29-13)19-5-4-14(25)11-17(19)24)8-6-15(7-9-23)28-21(31)16-12-27-18-3-2-10-26-20(16)18/h2-5,10-12,15,27H,6-9H2,1H3,(H,28,31)/t15-,23-. The number of pyridine rings is 1. The summed E-state index contributed by atoms with van der Waals surface area (Å²) >= 11 is 6.16. The predicted molar refractivity (Wildman–Crippen MR) is 120 cm³/mol. The third-order valence-corrected chi connectivity index (χ3v) is 6.84. The number of hydrogen-bond acceptors (Lipinski definition) is 4. The highest BCUT2D eigenvalue weighted by Gasteiger charge is 2.51. The van der Waals surface area contributed by atoms with Crippen molar-refractivity contribution >= 4 is 45.8 Å². The lowest BCUT2D eigenvalue weighted by molar-refractivity contribution is -0.125. The fourth-order valence-corrected chi connectivity index (χ4v) is 4.93. The van der Waals surface area contributed by atoms with E-state index in [1.165, 1.54) is 23.2 Å². The van der Waals surface area contributed by atoms with Crippen LogP contribution in [0.3, 0.4) is 0 Å². The minimum atomic E-state index is -0.721. The second-order valence-corrected chi connectivity index (χ2v) is 8.74. The van der Waals surface area contributed by atoms with E-state index < -0.39 is 11.2 Å². The van der Waals surface area contributed by atoms with Gasteiger partial charge in [0.25, 0.3) is 11.8 Å². The van der Waals surface area contributed by atoms with E-state index in [0.717, 1.165) is 5.52 Å². The summed E-state index contributed by atoms with van der Waals surface area (Å²) in [6.45, 7) is 1.84. The molecule has 3 heterocycles. The zero-order chi connectivity index (χ0) is 22.5. The van der Waals surface area contributed by atoms with Crippen molar-refractivity contribution in [3.63, 3.8) is 0 Å². The largest absolute Gasteiger partial charge is 0.359 e. The minimum Gasteiger partial charge on any atom is -0.359 e. The number of hydrazone groups is 1. The van der Waals surface area contributed by atoms with Crippen LogP contribution in [0.1, 0.15) is 43.0 Å². The minimum absolute atomic E-state index is 0.0501. The van der Waals surface area contributed by atoms with Crippen LogP contribution < -0.4 is 10.3 Å². The number of nitrogens with zero attached hydrogens (tertiary/aromatic N) is 3. The Hall–Kier alpha value is -3.26. The van der Waals surface area contributed by atoms with Gasteiger partial charge >= 0.3 is 0 Å². The first-order chi connectivity index (χ1) is 15.4. The summed E-state index contributed by atoms with van der Waals surface area (Å²) in [5, 5.41) is 8.97. The van der Waals surface area contributed by atoms with Crippen molar-refractivity contribution in [3.05, 3.63) is 59.1 Å². The Morgan fingerprint density at radius 1 is 1.31 bits per heavy atom. The average Bonchev–Trinajstić information content (AvgIpc) is 3.31. The number of hydrogen-bond donors (Lipinski definition) is 2. The average molecular weight is 454 g/mol. The number of carbonyl (C=O) groups is 2. The van der Waals surface area contributed by atoms with Gasteiger partial charge in [-0.05, 0) is 62.9 Å². The first-order valence-electron chi connectivity index (χ1n) is 10.5. The first-order valence-corrected chi connectivity index (χ1v) is 10.8. The summed E-state index contributed by atoms with van der Waals surface area (Å²) in [6, 6.07) is 7.53. The zero-order valence-electron chi connectivity index (χ0n) is 17.4. The highest BCUT2D eigenvalue weighted by Crippen LogP contribution is 2.45. The summed E-state index contributed by atoms with van der Waals surface area (Å²) < 4.78 is 13.4. The van der Waals surface area contributed by atoms with Crippen molar-refractivity contribution in [2.45, 2.75) is 38.6 Å². The van der Waals surface area contributed by atoms with E-state index in [-0.39, 0.29) is 22.9 Å². The number of nitrogens with one attached hydrogen (secondary N) is 2. The molecule has 32 heavy (non-hydrogen) atoms. The lowest BCUT2D eigenvalue weighted by Gasteiger charge is -2.36. The van der Waals surface area contributed by atoms with Gasteiger partial charge in [0, 0.05) is 18.4 Å². The maximum Gasteiger partial charge on any atom is 0.259 e. The quantitative estimate of drug-likeness (QED) is 0.614. The summed E-state index contributed by atoms with van der Waals surface area (Å²) in [7, 11) is 0. The lowest BCUT2D eigenvalue weighted by Crippen LogP contribution is -2.47. The maximum absolute atomic E-state index is 13.4. The van der Waals surface area contributed by atoms with Crippen molar-refractivity contribution < 1.29 is 14.0 Å². The van der Waals surface area contributed by atoms with Crippen LogP contribution in [-0.4, -0.2) is 33.5 Å². The number of benzene rings is 1. The monoisotopic (exact) mass is 453 g/mol. The van der Waals surface area contributed by atoms with Crippen LogP contribution in [0.15, 0.2) is 47.8 Å². The number of aromatic amines is 1. The third-order valence-electron chi connectivity index (χ3n) is 6.54. The highest BCUT2D eigenvalue weighted by molar-refractivity contribution is 6.34. The zero-order valence-corrected chi connectivity index (χ0v) is 18.1. The van der Waals surface area contributed by atoms with Gasteiger partial charge in [0.2, 0.25) is 0 Å². The highest BCUT2D eigenvalue weighted by atomic mass is 35.5. The Morgan fingerprint density at radius 2 is 2.09 bits per heavy atom. The van der Waals surface area contributed by atoms with E-state index in [2.05, 4.69) is 20.4 Å². The lowest BCUT2D eigenvalue weighted by atomic mass is 9.69. The fraction of sp³-hybridized carbons (Fsp3) is 0.304. The third kappa shape index (κ3) is 3.26. The normalized spacial score (nSPS) is 23.1. The molecule has 0 atom stereocenters. The first kappa shape index (κ1) is 20.6. The van der Waals surface area contributed by atoms with Crippen molar-refractivity contribution in [1.82, 2.24) is 15.3 Å². The van der Waals surface area contributed by atoms with Crippen LogP contribution in [0.2, 0.25) is 5.02 Å². The van der Waals surface area contributed by atoms with Gasteiger partial charge in [0.15, 0.2) is 0 Å². The van der Waals surface area contributed by atoms with Gasteiger partial charge < -0.3 is 10.3 Å². The van der Waals surface area contributed by atoms with Crippen LogP contribution in [0.25, 0.3) is 11.0 Å². The Kier molecular flexibility index (Phi) is 4.97. The molecule has 2 amide bonds. The van der Waals surface area contributed by atoms with Crippen LogP contribution in [-0.2, 0) is 4.79 Å². The molecular formula is C23H21ClFN5O2. The summed E-state index contributed by atoms with van der Waals surface area (Å²) in [4.78, 5) is 33.5. The van der Waals surface area contributed by atoms with Crippen LogP contribution in [0, 0.1) is 11.2 Å². The maximum atomic E-state index is 13.4. The van der Waals surface area contributed by atoms with E-state index in [4.69, 9.17) is 11.6 Å². The number of amides is 2. The molecule has 1 spiro atoms. The molecule has 3 aromatic rings. The molecule has 2 aromatic heterocycles. The number of aromatic nitrogens is 2. The molecule has 1 aliphatic heterocycles. The smallest absolute Gasteiger partial charge is 0.259 e. The molecule has 2 aliphatic rings. The molecule has 5 rings (SSSR count). The predicted octanol–water partition coefficient (Wildman–Crippen LogP) is 4.44. The van der Waals surface area contributed by atoms with E-state index in [9.17, 15) is 14.0 Å². The summed E-state index contributed by atoms with van der Waals surface area (Å²) in [5.74, 6) is -0.810. The number of rotatable bonds is 3. The number of halogens is 2. The molecule has 0 bridgehead atoms. The van der Waals surface area contributed by atoms with Crippen molar-refractivity contribution in [1.29, 1.82) is 0 Å². The molecular weight excluding hydrogens is 433 g/mol. The van der Waals surface area contributed by atoms with Crippen LogP contribution in [0.4, 0.5) is 10.1 Å². The number of anilines is 1. The summed E-state index contributed by atoms with van der Waals surface area (Å²) in [6.07, 6.45) is 5.74. The van der Waals surface area contributed by atoms with Crippen LogP contribution >= 0.6 is 11.6 Å². The molecule has 0 radical (unpaired) electrons. The molecule has 7 nitrogen and oxygen atoms in total. The van der Waals surface area contributed by atoms with Gasteiger partial charge in [0.1, 0.15) is 11.3 Å². The topological polar surface area (TPSA) is 90.5 Å². The summed E-state index contributed by atoms with van der Waals surface area (Å²) in [5.41, 5.74) is 2.32. The van der Waals surface area contributed by atoms with Gasteiger partial charge in [-0.15, -0.1) is 0 Å². The van der Waals surface area contributed by atoms with Crippen LogP contribution in [0.5, 0.6) is 0 Å². The van der Waals surface area contributed by atoms with E-state index in [0.29, 0.717) is 48.2 Å². The van der Waals surface area contributed by atoms with Gasteiger partial charge in [-0.3, -0.25) is 14.6 Å². The van der Waals surface area contributed by atoms with Gasteiger partial charge in [-0.25, -0.2) is 4.39 Å². The van der Waals surface area contributed by atoms with E-state index >= 15 is 0 Å². The molecule has 1 fully saturated rings. The molecule has 1 aliphatic carbocycles. The molecule has 0 unspecified atom stereocenters. The Bertz CT molecular complexity index is 1260.